The fourth-order valence-electron chi connectivity index (χ4n) is 4.49. The first-order valence-electron chi connectivity index (χ1n) is 12.1. The van der Waals surface area contributed by atoms with E-state index in [0.29, 0.717) is 31.1 Å². The topological polar surface area (TPSA) is 92.7 Å². The van der Waals surface area contributed by atoms with Gasteiger partial charge in [0.05, 0.1) is 34.7 Å². The number of carbonyl (C=O) groups is 1. The molecule has 0 spiro atoms. The van der Waals surface area contributed by atoms with E-state index in [9.17, 15) is 13.2 Å². The Labute approximate surface area is 220 Å². The van der Waals surface area contributed by atoms with Crippen LogP contribution in [0, 0.1) is 12.8 Å². The van der Waals surface area contributed by atoms with E-state index in [2.05, 4.69) is 4.98 Å². The second kappa shape index (κ2) is 10.6. The fraction of sp³-hybridized carbons (Fsp3) is 0.296. The van der Waals surface area contributed by atoms with E-state index in [4.69, 9.17) is 9.72 Å². The van der Waals surface area contributed by atoms with Gasteiger partial charge in [0.1, 0.15) is 5.75 Å². The third-order valence-electron chi connectivity index (χ3n) is 6.54. The van der Waals surface area contributed by atoms with E-state index in [1.54, 1.807) is 48.7 Å². The second-order valence-electron chi connectivity index (χ2n) is 9.13. The summed E-state index contributed by atoms with van der Waals surface area (Å²) < 4.78 is 34.4. The number of methoxy groups -OCH3 is 1. The summed E-state index contributed by atoms with van der Waals surface area (Å²) in [5, 5.41) is 0.565. The lowest BCUT2D eigenvalue weighted by Crippen LogP contribution is -2.46. The molecule has 1 aliphatic heterocycles. The summed E-state index contributed by atoms with van der Waals surface area (Å²) in [7, 11) is -2.09. The van der Waals surface area contributed by atoms with Crippen molar-refractivity contribution in [2.45, 2.75) is 31.2 Å². The number of aryl methyl sites for hydroxylation is 1. The molecule has 2 aromatic carbocycles. The van der Waals surface area contributed by atoms with E-state index in [1.807, 2.05) is 37.3 Å². The van der Waals surface area contributed by atoms with Crippen molar-refractivity contribution < 1.29 is 17.9 Å². The number of hydrogen-bond donors (Lipinski definition) is 0. The molecule has 1 amide bonds. The van der Waals surface area contributed by atoms with Crippen molar-refractivity contribution >= 4 is 42.6 Å². The number of amides is 1. The Kier molecular flexibility index (Phi) is 7.23. The molecule has 5 rings (SSSR count). The third-order valence-corrected chi connectivity index (χ3v) is 9.46. The summed E-state index contributed by atoms with van der Waals surface area (Å²) in [5.41, 5.74) is 2.63. The number of anilines is 1. The fourth-order valence-corrected chi connectivity index (χ4v) is 7.01. The van der Waals surface area contributed by atoms with Crippen molar-refractivity contribution in [2.24, 2.45) is 5.92 Å². The molecule has 1 unspecified atom stereocenters. The van der Waals surface area contributed by atoms with Crippen molar-refractivity contribution in [2.75, 3.05) is 25.1 Å². The van der Waals surface area contributed by atoms with Crippen molar-refractivity contribution in [3.8, 4) is 5.75 Å². The highest BCUT2D eigenvalue weighted by Crippen LogP contribution is 2.34. The molecule has 2 aromatic heterocycles. The first-order valence-corrected chi connectivity index (χ1v) is 14.3. The van der Waals surface area contributed by atoms with Gasteiger partial charge in [0.2, 0.25) is 15.9 Å². The van der Waals surface area contributed by atoms with Gasteiger partial charge in [0.15, 0.2) is 5.13 Å². The molecule has 4 aromatic rings. The average molecular weight is 537 g/mol. The Morgan fingerprint density at radius 2 is 2.00 bits per heavy atom. The summed E-state index contributed by atoms with van der Waals surface area (Å²) >= 11 is 1.41. The summed E-state index contributed by atoms with van der Waals surface area (Å²) in [6.07, 6.45) is 4.64. The molecular weight excluding hydrogens is 508 g/mol. The number of rotatable bonds is 7. The van der Waals surface area contributed by atoms with Crippen LogP contribution >= 0.6 is 11.3 Å². The number of benzene rings is 2. The predicted molar refractivity (Wildman–Crippen MR) is 144 cm³/mol. The number of pyridine rings is 1. The summed E-state index contributed by atoms with van der Waals surface area (Å²) in [6, 6.07) is 16.2. The number of piperidine rings is 1. The minimum Gasteiger partial charge on any atom is -0.497 e. The van der Waals surface area contributed by atoms with Crippen LogP contribution in [0.5, 0.6) is 5.75 Å². The first kappa shape index (κ1) is 25.3. The highest BCUT2D eigenvalue weighted by Gasteiger charge is 2.36. The molecule has 0 aliphatic carbocycles. The van der Waals surface area contributed by atoms with Crippen LogP contribution in [0.2, 0.25) is 0 Å². The van der Waals surface area contributed by atoms with E-state index in [0.717, 1.165) is 27.1 Å². The van der Waals surface area contributed by atoms with Gasteiger partial charge >= 0.3 is 0 Å². The van der Waals surface area contributed by atoms with Gasteiger partial charge < -0.3 is 4.74 Å². The van der Waals surface area contributed by atoms with Gasteiger partial charge in [-0.1, -0.05) is 35.1 Å². The van der Waals surface area contributed by atoms with Crippen molar-refractivity contribution in [1.82, 2.24) is 14.3 Å². The predicted octanol–water partition coefficient (Wildman–Crippen LogP) is 4.64. The largest absolute Gasteiger partial charge is 0.497 e. The molecule has 0 radical (unpaired) electrons. The van der Waals surface area contributed by atoms with Gasteiger partial charge in [-0.3, -0.25) is 14.7 Å². The molecule has 192 valence electrons. The number of thiazole rings is 1. The van der Waals surface area contributed by atoms with Crippen LogP contribution in [0.25, 0.3) is 10.2 Å². The Morgan fingerprint density at radius 3 is 2.73 bits per heavy atom. The Morgan fingerprint density at radius 1 is 1.19 bits per heavy atom. The standard InChI is InChI=1S/C27H28N4O4S2/c1-19-7-10-23(11-8-19)37(33,34)30-14-4-6-21(18-30)26(32)31(17-20-5-3-13-28-16-20)27-29-24-12-9-22(35-2)15-25(24)36-27/h3,5,7-13,15-16,21H,4,6,14,17-18H2,1-2H3. The smallest absolute Gasteiger partial charge is 0.243 e. The highest BCUT2D eigenvalue weighted by atomic mass is 32.2. The number of carbonyl (C=O) groups excluding carboxylic acids is 1. The average Bonchev–Trinajstić information content (AvgIpc) is 3.35. The second-order valence-corrected chi connectivity index (χ2v) is 12.1. The van der Waals surface area contributed by atoms with E-state index < -0.39 is 15.9 Å². The van der Waals surface area contributed by atoms with Crippen molar-refractivity contribution in [1.29, 1.82) is 0 Å². The normalized spacial score (nSPS) is 16.5. The maximum Gasteiger partial charge on any atom is 0.243 e. The minimum absolute atomic E-state index is 0.136. The molecule has 0 N–H and O–H groups in total. The number of aromatic nitrogens is 2. The molecule has 0 bridgehead atoms. The van der Waals surface area contributed by atoms with Gasteiger partial charge in [-0.2, -0.15) is 4.31 Å². The van der Waals surface area contributed by atoms with Gasteiger partial charge in [-0.05, 0) is 61.7 Å². The molecule has 37 heavy (non-hydrogen) atoms. The monoisotopic (exact) mass is 536 g/mol. The molecule has 8 nitrogen and oxygen atoms in total. The number of fused-ring (bicyclic) bond motifs is 1. The number of nitrogens with zero attached hydrogens (tertiary/aromatic N) is 4. The molecule has 0 saturated carbocycles. The van der Waals surface area contributed by atoms with Crippen LogP contribution in [0.15, 0.2) is 71.9 Å². The first-order chi connectivity index (χ1) is 17.8. The van der Waals surface area contributed by atoms with Crippen LogP contribution in [-0.2, 0) is 21.4 Å². The Hall–Kier alpha value is -3.34. The lowest BCUT2D eigenvalue weighted by molar-refractivity contribution is -0.123. The number of ether oxygens (including phenoxy) is 1. The third kappa shape index (κ3) is 5.36. The quantitative estimate of drug-likeness (QED) is 0.342. The molecule has 10 heteroatoms. The Balaban J connectivity index is 1.45. The van der Waals surface area contributed by atoms with Crippen LogP contribution in [0.4, 0.5) is 5.13 Å². The van der Waals surface area contributed by atoms with Crippen LogP contribution < -0.4 is 9.64 Å². The minimum atomic E-state index is -3.70. The molecule has 1 atom stereocenters. The summed E-state index contributed by atoms with van der Waals surface area (Å²) in [4.78, 5) is 24.8. The van der Waals surface area contributed by atoms with Gasteiger partial charge in [0.25, 0.3) is 0 Å². The van der Waals surface area contributed by atoms with Crippen LogP contribution in [0.1, 0.15) is 24.0 Å². The van der Waals surface area contributed by atoms with Crippen molar-refractivity contribution in [3.63, 3.8) is 0 Å². The number of sulfonamides is 1. The van der Waals surface area contributed by atoms with E-state index in [-0.39, 0.29) is 17.3 Å². The molecule has 1 aliphatic rings. The zero-order valence-corrected chi connectivity index (χ0v) is 22.3. The van der Waals surface area contributed by atoms with E-state index in [1.165, 1.54) is 15.6 Å². The maximum atomic E-state index is 14.0. The van der Waals surface area contributed by atoms with Crippen molar-refractivity contribution in [3.05, 3.63) is 78.1 Å². The zero-order chi connectivity index (χ0) is 26.0. The lowest BCUT2D eigenvalue weighted by atomic mass is 9.98. The van der Waals surface area contributed by atoms with Gasteiger partial charge in [0, 0.05) is 25.5 Å². The zero-order valence-electron chi connectivity index (χ0n) is 20.7. The number of hydrogen-bond acceptors (Lipinski definition) is 7. The summed E-state index contributed by atoms with van der Waals surface area (Å²) in [6.45, 7) is 2.74. The van der Waals surface area contributed by atoms with Crippen LogP contribution in [0.3, 0.4) is 0 Å². The van der Waals surface area contributed by atoms with Crippen LogP contribution in [-0.4, -0.2) is 48.8 Å². The SMILES string of the molecule is COc1ccc2nc(N(Cc3cccnc3)C(=O)C3CCCN(S(=O)(=O)c4ccc(C)cc4)C3)sc2c1. The maximum absolute atomic E-state index is 14.0. The van der Waals surface area contributed by atoms with Gasteiger partial charge in [-0.15, -0.1) is 0 Å². The highest BCUT2D eigenvalue weighted by molar-refractivity contribution is 7.89. The molecule has 3 heterocycles. The van der Waals surface area contributed by atoms with E-state index >= 15 is 0 Å². The molecular formula is C27H28N4O4S2. The lowest BCUT2D eigenvalue weighted by Gasteiger charge is -2.33. The van der Waals surface area contributed by atoms with Gasteiger partial charge in [-0.25, -0.2) is 13.4 Å². The molecule has 1 fully saturated rings. The summed E-state index contributed by atoms with van der Waals surface area (Å²) in [5.74, 6) is 0.0999. The Bertz CT molecular complexity index is 1500. The molecule has 1 saturated heterocycles.